The van der Waals surface area contributed by atoms with E-state index in [-0.39, 0.29) is 11.0 Å². The van der Waals surface area contributed by atoms with Crippen molar-refractivity contribution in [3.05, 3.63) is 60.7 Å². The van der Waals surface area contributed by atoms with Crippen LogP contribution in [-0.4, -0.2) is 50.8 Å². The lowest BCUT2D eigenvalue weighted by Crippen LogP contribution is -2.69. The molecule has 0 bridgehead atoms. The quantitative estimate of drug-likeness (QED) is 0.448. The average molecular weight is 497 g/mol. The van der Waals surface area contributed by atoms with Crippen molar-refractivity contribution >= 4 is 24.7 Å². The molecule has 2 aromatic carbocycles. The minimum Gasteiger partial charge on any atom is -0.466 e. The second-order valence-electron chi connectivity index (χ2n) is 11.3. The maximum absolute atomic E-state index is 12.8. The fraction of sp³-hybridized carbons (Fsp3) is 0.536. The molecule has 1 spiro atoms. The van der Waals surface area contributed by atoms with Crippen LogP contribution in [-0.2, 0) is 28.2 Å². The first-order valence-electron chi connectivity index (χ1n) is 12.5. The van der Waals surface area contributed by atoms with Crippen LogP contribution in [0.5, 0.6) is 0 Å². The molecule has 5 rings (SSSR count). The first-order valence-corrected chi connectivity index (χ1v) is 14.4. The van der Waals surface area contributed by atoms with Crippen LogP contribution in [0.25, 0.3) is 0 Å². The smallest absolute Gasteiger partial charge is 0.312 e. The zero-order valence-corrected chi connectivity index (χ0v) is 22.4. The second kappa shape index (κ2) is 8.52. The molecule has 2 saturated heterocycles. The zero-order chi connectivity index (χ0) is 25.1. The lowest BCUT2D eigenvalue weighted by molar-refractivity contribution is -0.221. The summed E-state index contributed by atoms with van der Waals surface area (Å²) >= 11 is 0. The van der Waals surface area contributed by atoms with Crippen molar-refractivity contribution in [2.45, 2.75) is 82.9 Å². The number of rotatable bonds is 6. The summed E-state index contributed by atoms with van der Waals surface area (Å²) in [5.74, 6) is -1.44. The van der Waals surface area contributed by atoms with Gasteiger partial charge in [-0.1, -0.05) is 81.4 Å². The molecule has 2 aromatic rings. The average Bonchev–Trinajstić information content (AvgIpc) is 3.36. The summed E-state index contributed by atoms with van der Waals surface area (Å²) in [5.41, 5.74) is -0.814. The maximum atomic E-state index is 12.8. The van der Waals surface area contributed by atoms with Crippen LogP contribution in [0.15, 0.2) is 60.7 Å². The number of carbonyl (C=O) groups is 1. The molecule has 2 unspecified atom stereocenters. The van der Waals surface area contributed by atoms with E-state index in [1.54, 1.807) is 0 Å². The first-order chi connectivity index (χ1) is 16.5. The van der Waals surface area contributed by atoms with E-state index in [1.807, 2.05) is 32.9 Å². The molecule has 7 heteroatoms. The highest BCUT2D eigenvalue weighted by atomic mass is 28.4. The van der Waals surface area contributed by atoms with Crippen LogP contribution >= 0.6 is 0 Å². The third kappa shape index (κ3) is 3.98. The van der Waals surface area contributed by atoms with E-state index in [1.165, 1.54) is 10.4 Å². The predicted octanol–water partition coefficient (Wildman–Crippen LogP) is 3.76. The van der Waals surface area contributed by atoms with Crippen molar-refractivity contribution in [1.29, 1.82) is 0 Å². The Hall–Kier alpha value is -2.03. The monoisotopic (exact) mass is 496 g/mol. The van der Waals surface area contributed by atoms with Crippen molar-refractivity contribution in [3.8, 4) is 0 Å². The van der Waals surface area contributed by atoms with E-state index in [9.17, 15) is 4.79 Å². The highest BCUT2D eigenvalue weighted by molar-refractivity contribution is 6.99. The van der Waals surface area contributed by atoms with Crippen molar-refractivity contribution in [3.63, 3.8) is 0 Å². The molecule has 3 aliphatic rings. The van der Waals surface area contributed by atoms with Crippen LogP contribution in [0.2, 0.25) is 5.04 Å². The molecule has 1 saturated carbocycles. The summed E-state index contributed by atoms with van der Waals surface area (Å²) in [5, 5.41) is 2.12. The third-order valence-electron chi connectivity index (χ3n) is 7.45. The van der Waals surface area contributed by atoms with Gasteiger partial charge in [0.25, 0.3) is 8.32 Å². The predicted molar refractivity (Wildman–Crippen MR) is 135 cm³/mol. The molecule has 1 aliphatic carbocycles. The summed E-state index contributed by atoms with van der Waals surface area (Å²) in [6.07, 6.45) is -0.969. The minimum atomic E-state index is -2.92. The number of hydrogen-bond acceptors (Lipinski definition) is 6. The lowest BCUT2D eigenvalue weighted by atomic mass is 10.1. The van der Waals surface area contributed by atoms with Gasteiger partial charge in [0.15, 0.2) is 12.1 Å². The molecule has 2 heterocycles. The fourth-order valence-corrected chi connectivity index (χ4v) is 10.6. The van der Waals surface area contributed by atoms with E-state index in [4.69, 9.17) is 23.4 Å². The van der Waals surface area contributed by atoms with E-state index in [2.05, 4.69) is 69.3 Å². The van der Waals surface area contributed by atoms with Gasteiger partial charge in [0.05, 0.1) is 12.5 Å². The summed E-state index contributed by atoms with van der Waals surface area (Å²) in [6, 6.07) is 21.0. The molecule has 0 aromatic heterocycles. The van der Waals surface area contributed by atoms with Crippen LogP contribution in [0, 0.1) is 5.92 Å². The van der Waals surface area contributed by atoms with Crippen molar-refractivity contribution in [2.75, 3.05) is 6.61 Å². The van der Waals surface area contributed by atoms with Gasteiger partial charge in [-0.2, -0.15) is 0 Å². The second-order valence-corrected chi connectivity index (χ2v) is 15.5. The molecule has 35 heavy (non-hydrogen) atoms. The van der Waals surface area contributed by atoms with Gasteiger partial charge in [0.2, 0.25) is 0 Å². The van der Waals surface area contributed by atoms with Gasteiger partial charge in [0.1, 0.15) is 17.8 Å². The molecule has 0 amide bonds. The van der Waals surface area contributed by atoms with Gasteiger partial charge in [-0.3, -0.25) is 4.79 Å². The standard InChI is InChI=1S/C28H36O6Si/c1-7-30-24(29)21-18-28(21)23(22-25(33-28)32-27(5,6)31-22)34-35(26(2,3)4,19-14-10-8-11-15-19)20-16-12-9-13-17-20/h8-17,21-23,25H,7,18H2,1-6H3/t21-,22?,23?,25+,28-/m1/s1. The fourth-order valence-electron chi connectivity index (χ4n) is 5.89. The number of benzene rings is 2. The summed E-state index contributed by atoms with van der Waals surface area (Å²) in [7, 11) is -2.92. The number of hydrogen-bond donors (Lipinski definition) is 0. The van der Waals surface area contributed by atoms with Gasteiger partial charge in [-0.05, 0) is 42.6 Å². The molecule has 6 nitrogen and oxygen atoms in total. The van der Waals surface area contributed by atoms with Gasteiger partial charge >= 0.3 is 5.97 Å². The van der Waals surface area contributed by atoms with E-state index < -0.39 is 44.1 Å². The number of carbonyl (C=O) groups excluding carboxylic acids is 1. The SMILES string of the molecule is CCOC(=O)[C@H]1C[C@@]12O[C@@H]1OC(C)(C)OC1C2O[Si](c1ccccc1)(c1ccccc1)C(C)(C)C. The Labute approximate surface area is 209 Å². The van der Waals surface area contributed by atoms with Crippen molar-refractivity contribution in [1.82, 2.24) is 0 Å². The van der Waals surface area contributed by atoms with Crippen LogP contribution < -0.4 is 10.4 Å². The van der Waals surface area contributed by atoms with Gasteiger partial charge in [-0.25, -0.2) is 0 Å². The van der Waals surface area contributed by atoms with Gasteiger partial charge < -0.3 is 23.4 Å². The topological polar surface area (TPSA) is 63.2 Å². The van der Waals surface area contributed by atoms with E-state index in [0.29, 0.717) is 13.0 Å². The molecule has 2 aliphatic heterocycles. The lowest BCUT2D eigenvalue weighted by Gasteiger charge is -2.46. The zero-order valence-electron chi connectivity index (χ0n) is 21.4. The van der Waals surface area contributed by atoms with Crippen LogP contribution in [0.1, 0.15) is 48.0 Å². The van der Waals surface area contributed by atoms with Crippen molar-refractivity contribution < 1.29 is 28.2 Å². The molecule has 3 fully saturated rings. The van der Waals surface area contributed by atoms with Crippen LogP contribution in [0.3, 0.4) is 0 Å². The summed E-state index contributed by atoms with van der Waals surface area (Å²) in [4.78, 5) is 12.8. The van der Waals surface area contributed by atoms with Crippen molar-refractivity contribution in [2.24, 2.45) is 5.92 Å². The molecule has 0 radical (unpaired) electrons. The first kappa shape index (κ1) is 24.7. The normalized spacial score (nSPS) is 31.4. The Bertz CT molecular complexity index is 1030. The Morgan fingerprint density at radius 2 is 1.54 bits per heavy atom. The Kier molecular flexibility index (Phi) is 6.00. The van der Waals surface area contributed by atoms with Crippen LogP contribution in [0.4, 0.5) is 0 Å². The van der Waals surface area contributed by atoms with Gasteiger partial charge in [0, 0.05) is 0 Å². The summed E-state index contributed by atoms with van der Waals surface area (Å²) in [6.45, 7) is 12.6. The molecule has 188 valence electrons. The number of fused-ring (bicyclic) bond motifs is 1. The highest BCUT2D eigenvalue weighted by Crippen LogP contribution is 2.60. The highest BCUT2D eigenvalue weighted by Gasteiger charge is 2.76. The largest absolute Gasteiger partial charge is 0.466 e. The molecular weight excluding hydrogens is 460 g/mol. The Morgan fingerprint density at radius 3 is 2.06 bits per heavy atom. The summed E-state index contributed by atoms with van der Waals surface area (Å²) < 4.78 is 31.9. The number of ether oxygens (including phenoxy) is 4. The maximum Gasteiger partial charge on any atom is 0.312 e. The Balaban J connectivity index is 1.64. The molecular formula is C28H36O6Si. The van der Waals surface area contributed by atoms with E-state index >= 15 is 0 Å². The third-order valence-corrected chi connectivity index (χ3v) is 12.5. The van der Waals surface area contributed by atoms with E-state index in [0.717, 1.165) is 0 Å². The van der Waals surface area contributed by atoms with Gasteiger partial charge in [-0.15, -0.1) is 0 Å². The molecule has 0 N–H and O–H groups in total. The minimum absolute atomic E-state index is 0.224. The number of esters is 1. The molecule has 5 atom stereocenters. The Morgan fingerprint density at radius 1 is 0.971 bits per heavy atom.